The molecule has 0 saturated heterocycles. The highest BCUT2D eigenvalue weighted by atomic mass is 16.1. The normalized spacial score (nSPS) is 15.5. The van der Waals surface area contributed by atoms with Gasteiger partial charge in [0.1, 0.15) is 5.78 Å². The first-order valence-corrected chi connectivity index (χ1v) is 5.20. The Morgan fingerprint density at radius 1 is 1.33 bits per heavy atom. The van der Waals surface area contributed by atoms with Gasteiger partial charge in [0.2, 0.25) is 0 Å². The molecule has 0 aliphatic heterocycles. The van der Waals surface area contributed by atoms with Gasteiger partial charge in [0, 0.05) is 24.4 Å². The maximum Gasteiger partial charge on any atom is 0.257 e. The highest BCUT2D eigenvalue weighted by molar-refractivity contribution is 5.82. The van der Waals surface area contributed by atoms with Crippen molar-refractivity contribution >= 4 is 5.78 Å². The van der Waals surface area contributed by atoms with Crippen LogP contribution in [0.5, 0.6) is 0 Å². The minimum atomic E-state index is -0.0527. The van der Waals surface area contributed by atoms with E-state index in [-0.39, 0.29) is 23.8 Å². The summed E-state index contributed by atoms with van der Waals surface area (Å²) in [4.78, 5) is 27.5. The number of fused-ring (bicyclic) bond motifs is 1. The molecular formula is C11H14N2O2. The minimum absolute atomic E-state index is 0.0527. The maximum atomic E-state index is 12.0. The highest BCUT2D eigenvalue weighted by Crippen LogP contribution is 2.13. The zero-order valence-electron chi connectivity index (χ0n) is 8.99. The number of hydrogen-bond donors (Lipinski definition) is 0. The lowest BCUT2D eigenvalue weighted by atomic mass is 9.96. The van der Waals surface area contributed by atoms with Crippen LogP contribution in [0.3, 0.4) is 0 Å². The standard InChI is InChI=1S/C11H14N2O2/c1-7(2)13-6-12-10-4-3-8(14)5-9(10)11(13)15/h6-7H,3-5H2,1-2H3. The van der Waals surface area contributed by atoms with Gasteiger partial charge in [-0.15, -0.1) is 0 Å². The van der Waals surface area contributed by atoms with Crippen LogP contribution in [0.1, 0.15) is 37.6 Å². The number of aryl methyl sites for hydroxylation is 1. The van der Waals surface area contributed by atoms with E-state index in [2.05, 4.69) is 4.98 Å². The van der Waals surface area contributed by atoms with Crippen molar-refractivity contribution in [1.29, 1.82) is 0 Å². The first-order valence-electron chi connectivity index (χ1n) is 5.20. The van der Waals surface area contributed by atoms with E-state index in [0.29, 0.717) is 18.4 Å². The van der Waals surface area contributed by atoms with Crippen molar-refractivity contribution in [2.75, 3.05) is 0 Å². The van der Waals surface area contributed by atoms with Gasteiger partial charge in [0.25, 0.3) is 5.56 Å². The van der Waals surface area contributed by atoms with Gasteiger partial charge in [-0.3, -0.25) is 14.2 Å². The van der Waals surface area contributed by atoms with Crippen molar-refractivity contribution in [3.63, 3.8) is 0 Å². The molecule has 1 aliphatic carbocycles. The average molecular weight is 206 g/mol. The predicted octanol–water partition coefficient (Wildman–Crippen LogP) is 0.882. The SMILES string of the molecule is CC(C)n1cnc2c(c1=O)CC(=O)CC2. The second kappa shape index (κ2) is 3.61. The molecule has 0 spiro atoms. The van der Waals surface area contributed by atoms with Gasteiger partial charge in [-0.05, 0) is 20.3 Å². The van der Waals surface area contributed by atoms with Crippen LogP contribution in [-0.2, 0) is 17.6 Å². The number of nitrogens with zero attached hydrogens (tertiary/aromatic N) is 2. The van der Waals surface area contributed by atoms with Crippen molar-refractivity contribution in [3.8, 4) is 0 Å². The lowest BCUT2D eigenvalue weighted by Gasteiger charge is -2.16. The number of hydrogen-bond acceptors (Lipinski definition) is 3. The quantitative estimate of drug-likeness (QED) is 0.685. The van der Waals surface area contributed by atoms with Crippen molar-refractivity contribution in [3.05, 3.63) is 27.9 Å². The molecule has 0 fully saturated rings. The fourth-order valence-electron chi connectivity index (χ4n) is 1.85. The van der Waals surface area contributed by atoms with Crippen LogP contribution in [0.25, 0.3) is 0 Å². The van der Waals surface area contributed by atoms with Crippen molar-refractivity contribution in [2.45, 2.75) is 39.2 Å². The second-order valence-electron chi connectivity index (χ2n) is 4.19. The summed E-state index contributed by atoms with van der Waals surface area (Å²) in [6.07, 6.45) is 2.98. The van der Waals surface area contributed by atoms with Crippen LogP contribution in [-0.4, -0.2) is 15.3 Å². The number of carbonyl (C=O) groups is 1. The van der Waals surface area contributed by atoms with E-state index in [1.165, 1.54) is 0 Å². The largest absolute Gasteiger partial charge is 0.299 e. The molecule has 4 nitrogen and oxygen atoms in total. The average Bonchev–Trinajstić information content (AvgIpc) is 2.19. The first-order chi connectivity index (χ1) is 7.09. The number of Topliss-reactive ketones (excluding diaryl/α,β-unsaturated/α-hetero) is 1. The van der Waals surface area contributed by atoms with Crippen LogP contribution in [0.4, 0.5) is 0 Å². The van der Waals surface area contributed by atoms with Crippen molar-refractivity contribution in [2.24, 2.45) is 0 Å². The molecule has 0 atom stereocenters. The third-order valence-corrected chi connectivity index (χ3v) is 2.75. The van der Waals surface area contributed by atoms with Gasteiger partial charge >= 0.3 is 0 Å². The number of carbonyl (C=O) groups excluding carboxylic acids is 1. The third-order valence-electron chi connectivity index (χ3n) is 2.75. The van der Waals surface area contributed by atoms with Crippen LogP contribution in [0, 0.1) is 0 Å². The van der Waals surface area contributed by atoms with Gasteiger partial charge in [0.15, 0.2) is 0 Å². The van der Waals surface area contributed by atoms with E-state index in [0.717, 1.165) is 5.69 Å². The summed E-state index contributed by atoms with van der Waals surface area (Å²) in [5.74, 6) is 0.142. The van der Waals surface area contributed by atoms with Gasteiger partial charge in [-0.25, -0.2) is 4.98 Å². The lowest BCUT2D eigenvalue weighted by molar-refractivity contribution is -0.118. The van der Waals surface area contributed by atoms with E-state index in [4.69, 9.17) is 0 Å². The van der Waals surface area contributed by atoms with Crippen LogP contribution >= 0.6 is 0 Å². The van der Waals surface area contributed by atoms with Crippen molar-refractivity contribution in [1.82, 2.24) is 9.55 Å². The number of rotatable bonds is 1. The van der Waals surface area contributed by atoms with E-state index in [9.17, 15) is 9.59 Å². The van der Waals surface area contributed by atoms with E-state index in [1.807, 2.05) is 13.8 Å². The molecule has 0 aromatic carbocycles. The van der Waals surface area contributed by atoms with Crippen LogP contribution < -0.4 is 5.56 Å². The van der Waals surface area contributed by atoms with Gasteiger partial charge in [-0.2, -0.15) is 0 Å². The molecule has 1 heterocycles. The monoisotopic (exact) mass is 206 g/mol. The lowest BCUT2D eigenvalue weighted by Crippen LogP contribution is -2.31. The Balaban J connectivity index is 2.56. The molecule has 4 heteroatoms. The fourth-order valence-corrected chi connectivity index (χ4v) is 1.85. The zero-order chi connectivity index (χ0) is 11.0. The highest BCUT2D eigenvalue weighted by Gasteiger charge is 2.21. The molecule has 0 saturated carbocycles. The minimum Gasteiger partial charge on any atom is -0.299 e. The third kappa shape index (κ3) is 1.71. The number of ketones is 1. The number of aromatic nitrogens is 2. The Hall–Kier alpha value is -1.45. The Kier molecular flexibility index (Phi) is 2.42. The molecule has 2 rings (SSSR count). The second-order valence-corrected chi connectivity index (χ2v) is 4.19. The summed E-state index contributed by atoms with van der Waals surface area (Å²) < 4.78 is 1.58. The molecule has 0 bridgehead atoms. The summed E-state index contributed by atoms with van der Waals surface area (Å²) in [5.41, 5.74) is 1.35. The fraction of sp³-hybridized carbons (Fsp3) is 0.545. The van der Waals surface area contributed by atoms with Crippen molar-refractivity contribution < 1.29 is 4.79 Å². The predicted molar refractivity (Wildman–Crippen MR) is 55.9 cm³/mol. The van der Waals surface area contributed by atoms with E-state index < -0.39 is 0 Å². The molecule has 15 heavy (non-hydrogen) atoms. The molecular weight excluding hydrogens is 192 g/mol. The smallest absolute Gasteiger partial charge is 0.257 e. The maximum absolute atomic E-state index is 12.0. The molecule has 0 radical (unpaired) electrons. The summed E-state index contributed by atoms with van der Waals surface area (Å²) >= 11 is 0. The summed E-state index contributed by atoms with van der Waals surface area (Å²) in [6, 6.07) is 0.0901. The van der Waals surface area contributed by atoms with Gasteiger partial charge < -0.3 is 0 Å². The van der Waals surface area contributed by atoms with Gasteiger partial charge in [-0.1, -0.05) is 0 Å². The van der Waals surface area contributed by atoms with Crippen LogP contribution in [0.15, 0.2) is 11.1 Å². The topological polar surface area (TPSA) is 52.0 Å². The summed E-state index contributed by atoms with van der Waals surface area (Å²) in [7, 11) is 0. The molecule has 1 aromatic heterocycles. The van der Waals surface area contributed by atoms with E-state index >= 15 is 0 Å². The molecule has 1 aliphatic rings. The Labute approximate surface area is 88.0 Å². The molecule has 0 amide bonds. The molecule has 80 valence electrons. The molecule has 0 unspecified atom stereocenters. The first kappa shape index (κ1) is 10.1. The van der Waals surface area contributed by atoms with Crippen LogP contribution in [0.2, 0.25) is 0 Å². The molecule has 1 aromatic rings. The Bertz CT molecular complexity index is 460. The Morgan fingerprint density at radius 3 is 2.73 bits per heavy atom. The molecule has 0 N–H and O–H groups in total. The summed E-state index contributed by atoms with van der Waals surface area (Å²) in [5, 5.41) is 0. The zero-order valence-corrected chi connectivity index (χ0v) is 8.99. The van der Waals surface area contributed by atoms with E-state index in [1.54, 1.807) is 10.9 Å². The summed E-state index contributed by atoms with van der Waals surface area (Å²) in [6.45, 7) is 3.86. The van der Waals surface area contributed by atoms with Gasteiger partial charge in [0.05, 0.1) is 12.0 Å². The Morgan fingerprint density at radius 2 is 2.07 bits per heavy atom.